The quantitative estimate of drug-likeness (QED) is 0.786. The smallest absolute Gasteiger partial charge is 0.416 e. The lowest BCUT2D eigenvalue weighted by molar-refractivity contribution is -0.137. The third-order valence-corrected chi connectivity index (χ3v) is 3.12. The zero-order valence-electron chi connectivity index (χ0n) is 12.0. The Labute approximate surface area is 134 Å². The van der Waals surface area contributed by atoms with Crippen LogP contribution in [0.15, 0.2) is 59.5 Å². The molecule has 1 N–H and O–H groups in total. The zero-order chi connectivity index (χ0) is 17.2. The van der Waals surface area contributed by atoms with Crippen molar-refractivity contribution >= 4 is 11.6 Å². The number of carbonyl (C=O) groups excluding carboxylic acids is 1. The summed E-state index contributed by atoms with van der Waals surface area (Å²) in [6.07, 6.45) is -0.244. The van der Waals surface area contributed by atoms with Crippen LogP contribution in [0.1, 0.15) is 16.1 Å². The van der Waals surface area contributed by atoms with Crippen molar-refractivity contribution in [2.75, 3.05) is 5.32 Å². The number of hydrogen-bond acceptors (Lipinski definition) is 4. The number of aromatic nitrogens is 2. The third kappa shape index (κ3) is 3.43. The summed E-state index contributed by atoms with van der Waals surface area (Å²) in [7, 11) is 0. The van der Waals surface area contributed by atoms with Gasteiger partial charge in [0.15, 0.2) is 5.69 Å². The maximum atomic E-state index is 12.5. The molecule has 0 radical (unpaired) electrons. The normalized spacial score (nSPS) is 11.3. The third-order valence-electron chi connectivity index (χ3n) is 3.12. The summed E-state index contributed by atoms with van der Waals surface area (Å²) in [5.41, 5.74) is 0.0612. The van der Waals surface area contributed by atoms with E-state index in [1.165, 1.54) is 18.3 Å². The van der Waals surface area contributed by atoms with E-state index < -0.39 is 17.6 Å². The van der Waals surface area contributed by atoms with Crippen molar-refractivity contribution in [2.24, 2.45) is 0 Å². The number of alkyl halides is 3. The van der Waals surface area contributed by atoms with E-state index in [4.69, 9.17) is 4.42 Å². The molecule has 0 saturated heterocycles. The van der Waals surface area contributed by atoms with Gasteiger partial charge in [0.05, 0.1) is 17.4 Å². The molecule has 2 heterocycles. The van der Waals surface area contributed by atoms with Crippen molar-refractivity contribution in [2.45, 2.75) is 6.18 Å². The summed E-state index contributed by atoms with van der Waals surface area (Å²) >= 11 is 0. The Bertz CT molecular complexity index is 843. The summed E-state index contributed by atoms with van der Waals surface area (Å²) in [6, 6.07) is 7.63. The SMILES string of the molecule is O=C(Nc1cccnc1)c1coc(-c2ccc(C(F)(F)F)cc2)n1. The van der Waals surface area contributed by atoms with Crippen LogP contribution < -0.4 is 5.32 Å². The molecule has 0 fully saturated rings. The summed E-state index contributed by atoms with van der Waals surface area (Å²) in [4.78, 5) is 19.9. The first-order valence-corrected chi connectivity index (χ1v) is 6.78. The zero-order valence-corrected chi connectivity index (χ0v) is 12.0. The molecule has 0 unspecified atom stereocenters. The Hall–Kier alpha value is -3.16. The van der Waals surface area contributed by atoms with E-state index in [-0.39, 0.29) is 11.6 Å². The van der Waals surface area contributed by atoms with E-state index in [1.54, 1.807) is 18.3 Å². The molecule has 122 valence electrons. The number of halogens is 3. The lowest BCUT2D eigenvalue weighted by atomic mass is 10.1. The van der Waals surface area contributed by atoms with Crippen LogP contribution in [0.3, 0.4) is 0 Å². The predicted molar refractivity (Wildman–Crippen MR) is 79.1 cm³/mol. The maximum absolute atomic E-state index is 12.5. The van der Waals surface area contributed by atoms with Gasteiger partial charge in [-0.05, 0) is 36.4 Å². The average molecular weight is 333 g/mol. The van der Waals surface area contributed by atoms with E-state index in [2.05, 4.69) is 15.3 Å². The largest absolute Gasteiger partial charge is 0.444 e. The molecule has 0 bridgehead atoms. The van der Waals surface area contributed by atoms with Crippen LogP contribution >= 0.6 is 0 Å². The van der Waals surface area contributed by atoms with Gasteiger partial charge in [0.1, 0.15) is 6.26 Å². The highest BCUT2D eigenvalue weighted by Crippen LogP contribution is 2.30. The molecule has 0 aliphatic rings. The molecule has 3 aromatic rings. The highest BCUT2D eigenvalue weighted by atomic mass is 19.4. The molecule has 1 aromatic carbocycles. The van der Waals surface area contributed by atoms with E-state index in [0.29, 0.717) is 11.3 Å². The molecule has 0 spiro atoms. The number of hydrogen-bond donors (Lipinski definition) is 1. The van der Waals surface area contributed by atoms with Gasteiger partial charge in [-0.2, -0.15) is 13.2 Å². The monoisotopic (exact) mass is 333 g/mol. The van der Waals surface area contributed by atoms with Crippen LogP contribution in [0.4, 0.5) is 18.9 Å². The number of anilines is 1. The molecule has 1 amide bonds. The molecule has 0 atom stereocenters. The number of nitrogens with one attached hydrogen (secondary N) is 1. The molecular weight excluding hydrogens is 323 g/mol. The topological polar surface area (TPSA) is 68.0 Å². The minimum absolute atomic E-state index is 0.00810. The highest BCUT2D eigenvalue weighted by molar-refractivity contribution is 6.02. The van der Waals surface area contributed by atoms with Gasteiger partial charge in [-0.15, -0.1) is 0 Å². The van der Waals surface area contributed by atoms with E-state index in [0.717, 1.165) is 18.4 Å². The Balaban J connectivity index is 1.77. The van der Waals surface area contributed by atoms with Crippen LogP contribution in [-0.4, -0.2) is 15.9 Å². The van der Waals surface area contributed by atoms with Gasteiger partial charge in [0.25, 0.3) is 5.91 Å². The van der Waals surface area contributed by atoms with Crippen LogP contribution in [0.25, 0.3) is 11.5 Å². The first-order valence-electron chi connectivity index (χ1n) is 6.78. The highest BCUT2D eigenvalue weighted by Gasteiger charge is 2.30. The molecule has 0 aliphatic carbocycles. The number of benzene rings is 1. The second-order valence-corrected chi connectivity index (χ2v) is 4.81. The van der Waals surface area contributed by atoms with Crippen LogP contribution in [-0.2, 0) is 6.18 Å². The molecule has 2 aromatic heterocycles. The second-order valence-electron chi connectivity index (χ2n) is 4.81. The van der Waals surface area contributed by atoms with Gasteiger partial charge in [-0.3, -0.25) is 9.78 Å². The van der Waals surface area contributed by atoms with Crippen molar-refractivity contribution in [3.05, 3.63) is 66.3 Å². The van der Waals surface area contributed by atoms with Gasteiger partial charge in [-0.1, -0.05) is 0 Å². The van der Waals surface area contributed by atoms with E-state index in [1.807, 2.05) is 0 Å². The van der Waals surface area contributed by atoms with E-state index in [9.17, 15) is 18.0 Å². The fourth-order valence-corrected chi connectivity index (χ4v) is 1.94. The van der Waals surface area contributed by atoms with Crippen molar-refractivity contribution in [1.82, 2.24) is 9.97 Å². The Morgan fingerprint density at radius 3 is 2.50 bits per heavy atom. The minimum atomic E-state index is -4.41. The van der Waals surface area contributed by atoms with Crippen molar-refractivity contribution in [3.8, 4) is 11.5 Å². The number of carbonyl (C=O) groups is 1. The number of nitrogens with zero attached hydrogens (tertiary/aromatic N) is 2. The Kier molecular flexibility index (Phi) is 4.03. The summed E-state index contributed by atoms with van der Waals surface area (Å²) < 4.78 is 42.8. The first-order chi connectivity index (χ1) is 11.4. The molecule has 8 heteroatoms. The number of rotatable bonds is 3. The minimum Gasteiger partial charge on any atom is -0.444 e. The van der Waals surface area contributed by atoms with Gasteiger partial charge in [-0.25, -0.2) is 4.98 Å². The Morgan fingerprint density at radius 1 is 1.12 bits per heavy atom. The fourth-order valence-electron chi connectivity index (χ4n) is 1.94. The van der Waals surface area contributed by atoms with Crippen LogP contribution in [0, 0.1) is 0 Å². The average Bonchev–Trinajstić information content (AvgIpc) is 3.05. The number of pyridine rings is 1. The number of oxazole rings is 1. The van der Waals surface area contributed by atoms with Crippen molar-refractivity contribution in [1.29, 1.82) is 0 Å². The van der Waals surface area contributed by atoms with Crippen molar-refractivity contribution < 1.29 is 22.4 Å². The molecule has 0 saturated carbocycles. The summed E-state index contributed by atoms with van der Waals surface area (Å²) in [5, 5.41) is 2.58. The van der Waals surface area contributed by atoms with Gasteiger partial charge < -0.3 is 9.73 Å². The molecule has 5 nitrogen and oxygen atoms in total. The second kappa shape index (κ2) is 6.15. The first kappa shape index (κ1) is 15.7. The Morgan fingerprint density at radius 2 is 1.88 bits per heavy atom. The maximum Gasteiger partial charge on any atom is 0.416 e. The van der Waals surface area contributed by atoms with Gasteiger partial charge in [0.2, 0.25) is 5.89 Å². The molecule has 24 heavy (non-hydrogen) atoms. The predicted octanol–water partition coefficient (Wildman–Crippen LogP) is 4.01. The van der Waals surface area contributed by atoms with Crippen LogP contribution in [0.2, 0.25) is 0 Å². The fraction of sp³-hybridized carbons (Fsp3) is 0.0625. The standard InChI is InChI=1S/C16H10F3N3O2/c17-16(18,19)11-5-3-10(4-6-11)15-22-13(9-24-15)14(23)21-12-2-1-7-20-8-12/h1-9H,(H,21,23). The number of amides is 1. The molecule has 3 rings (SSSR count). The van der Waals surface area contributed by atoms with E-state index >= 15 is 0 Å². The summed E-state index contributed by atoms with van der Waals surface area (Å²) in [5.74, 6) is -0.454. The molecule has 0 aliphatic heterocycles. The lowest BCUT2D eigenvalue weighted by Crippen LogP contribution is -2.12. The lowest BCUT2D eigenvalue weighted by Gasteiger charge is -2.06. The molecular formula is C16H10F3N3O2. The van der Waals surface area contributed by atoms with Crippen molar-refractivity contribution in [3.63, 3.8) is 0 Å². The van der Waals surface area contributed by atoms with Crippen LogP contribution in [0.5, 0.6) is 0 Å². The van der Waals surface area contributed by atoms with Gasteiger partial charge in [0, 0.05) is 11.8 Å². The van der Waals surface area contributed by atoms with Gasteiger partial charge >= 0.3 is 6.18 Å². The summed E-state index contributed by atoms with van der Waals surface area (Å²) in [6.45, 7) is 0.